The molecule has 97 heavy (non-hydrogen) atoms. The van der Waals surface area contributed by atoms with E-state index >= 15 is 0 Å². The molecule has 1 fully saturated rings. The molecule has 4 aromatic carbocycles. The standard InChI is InChI=1S/C68H71N5O23S/c1-9-11-16-44-45-26-54-55(90-35-89-54)28-50(45)70-57-46(44)29-73-52(57)27-49-48(62(73)78)33-86-65(80)68(49,10-2)91-34-72(23-24-97(8,83)84)67(82)87-31-39-21-22-53(95-64-61(94-38(5)76)59(93-37(4)75)58(92-36(3)74)60(96-64)63(79)85-7)51(25-39)69-56(77)30-71(6)66(81)88-32-47-42-19-14-12-17-40(42)41-18-13-15-20-43(41)47/h12-15,17-22,25-28,47,58-61,64H,9-11,16,23-24,29-35H2,1-8H3,(H,69,77)/t58-,59-,60-,61+,64+,68-/m0/s1. The Balaban J connectivity index is 0.872. The summed E-state index contributed by atoms with van der Waals surface area (Å²) in [5.74, 6) is -5.84. The fourth-order valence-corrected chi connectivity index (χ4v) is 13.2. The summed E-state index contributed by atoms with van der Waals surface area (Å²) < 4.78 is 96.0. The highest BCUT2D eigenvalue weighted by atomic mass is 32.2. The monoisotopic (exact) mass is 1360 g/mol. The molecule has 0 unspecified atom stereocenters. The van der Waals surface area contributed by atoms with E-state index in [1.807, 2.05) is 54.6 Å². The number of anilines is 1. The van der Waals surface area contributed by atoms with E-state index in [9.17, 15) is 51.6 Å². The molecule has 1 N–H and O–H groups in total. The van der Waals surface area contributed by atoms with Crippen LogP contribution in [0, 0.1) is 0 Å². The Morgan fingerprint density at radius 1 is 0.794 bits per heavy atom. The number of fused-ring (bicyclic) bond motifs is 9. The Labute approximate surface area is 556 Å². The van der Waals surface area contributed by atoms with Gasteiger partial charge in [-0.15, -0.1) is 0 Å². The van der Waals surface area contributed by atoms with Crippen LogP contribution in [0.5, 0.6) is 17.2 Å². The summed E-state index contributed by atoms with van der Waals surface area (Å²) in [7, 11) is -1.46. The Kier molecular flexibility index (Phi) is 19.9. The number of ether oxygens (including phenoxy) is 12. The van der Waals surface area contributed by atoms with Crippen molar-refractivity contribution >= 4 is 74.4 Å². The van der Waals surface area contributed by atoms with E-state index in [1.54, 1.807) is 23.6 Å². The minimum atomic E-state index is -3.79. The first-order chi connectivity index (χ1) is 46.4. The lowest BCUT2D eigenvalue weighted by molar-refractivity contribution is -0.282. The number of nitrogens with one attached hydrogen (secondary N) is 1. The van der Waals surface area contributed by atoms with E-state index in [2.05, 4.69) is 12.2 Å². The fraction of sp³-hybridized carbons (Fsp3) is 0.412. The molecule has 4 aliphatic heterocycles. The van der Waals surface area contributed by atoms with Gasteiger partial charge >= 0.3 is 42.0 Å². The quantitative estimate of drug-likeness (QED) is 0.0395. The molecule has 3 amide bonds. The molecule has 11 rings (SSSR count). The first-order valence-corrected chi connectivity index (χ1v) is 33.3. The topological polar surface area (TPSA) is 335 Å². The highest BCUT2D eigenvalue weighted by Crippen LogP contribution is 2.47. The van der Waals surface area contributed by atoms with Gasteiger partial charge in [0.15, 0.2) is 35.4 Å². The van der Waals surface area contributed by atoms with Gasteiger partial charge in [0, 0.05) is 69.1 Å². The Bertz CT molecular complexity index is 4300. The molecular formula is C68H71N5O23S. The molecule has 1 aliphatic carbocycles. The number of rotatable bonds is 23. The number of unbranched alkanes of at least 4 members (excludes halogenated alkanes) is 1. The Hall–Kier alpha value is -10.1. The second-order valence-corrected chi connectivity index (χ2v) is 26.1. The summed E-state index contributed by atoms with van der Waals surface area (Å²) in [5, 5.41) is 3.52. The summed E-state index contributed by atoms with van der Waals surface area (Å²) in [6, 6.07) is 24.7. The van der Waals surface area contributed by atoms with Crippen molar-refractivity contribution in [1.29, 1.82) is 0 Å². The number of likely N-dealkylation sites (N-methyl/N-ethyl adjacent to an activating group) is 1. The van der Waals surface area contributed by atoms with Crippen molar-refractivity contribution in [2.45, 2.75) is 122 Å². The van der Waals surface area contributed by atoms with Crippen LogP contribution < -0.4 is 25.1 Å². The number of hydrogen-bond donors (Lipinski definition) is 1. The number of cyclic esters (lactones) is 1. The van der Waals surface area contributed by atoms with Gasteiger partial charge in [0.05, 0.1) is 47.6 Å². The predicted octanol–water partition coefficient (Wildman–Crippen LogP) is 6.71. The van der Waals surface area contributed by atoms with Crippen LogP contribution in [0.2, 0.25) is 0 Å². The molecule has 6 heterocycles. The van der Waals surface area contributed by atoms with E-state index in [0.717, 1.165) is 95.5 Å². The lowest BCUT2D eigenvalue weighted by Gasteiger charge is -2.43. The molecule has 0 saturated carbocycles. The molecule has 5 aliphatic rings. The van der Waals surface area contributed by atoms with Crippen LogP contribution in [-0.4, -0.2) is 166 Å². The third-order valence-corrected chi connectivity index (χ3v) is 18.2. The van der Waals surface area contributed by atoms with Crippen LogP contribution in [0.4, 0.5) is 15.3 Å². The fourth-order valence-electron chi connectivity index (χ4n) is 12.7. The summed E-state index contributed by atoms with van der Waals surface area (Å²) in [4.78, 5) is 129. The number of amides is 3. The zero-order chi connectivity index (χ0) is 69.2. The number of carbonyl (C=O) groups excluding carboxylic acids is 8. The molecule has 1 saturated heterocycles. The SMILES string of the molecule is CCCCc1c2c(nc3cc4c(cc13)OCO4)-c1cc3c(c(=O)n1C2)COC(=O)[C@@]3(CC)OCN(CCS(C)(=O)=O)C(=O)OCc1ccc(O[C@@H]2O[C@H](C(=O)OC)[C@@H](OC(C)=O)[C@H](OC(C)=O)[C@H]2OC(C)=O)c(NC(=O)CN(C)C(=O)OCC2c3ccccc3-c3ccccc32)c1. The second-order valence-electron chi connectivity index (χ2n) is 23.9. The van der Waals surface area contributed by atoms with Gasteiger partial charge in [0.25, 0.3) is 5.56 Å². The smallest absolute Gasteiger partial charge is 0.411 e. The largest absolute Gasteiger partial charge is 0.467 e. The molecule has 29 heteroatoms. The maximum Gasteiger partial charge on any atom is 0.411 e. The Morgan fingerprint density at radius 3 is 2.12 bits per heavy atom. The number of nitrogens with zero attached hydrogens (tertiary/aromatic N) is 4. The van der Waals surface area contributed by atoms with Crippen LogP contribution in [0.1, 0.15) is 98.7 Å². The number of pyridine rings is 2. The van der Waals surface area contributed by atoms with E-state index in [4.69, 9.17) is 61.8 Å². The van der Waals surface area contributed by atoms with Gasteiger partial charge in [0.2, 0.25) is 25.1 Å². The van der Waals surface area contributed by atoms with Crippen molar-refractivity contribution in [2.24, 2.45) is 0 Å². The van der Waals surface area contributed by atoms with E-state index in [1.165, 1.54) is 25.2 Å². The lowest BCUT2D eigenvalue weighted by atomic mass is 9.85. The van der Waals surface area contributed by atoms with E-state index < -0.39 is 138 Å². The van der Waals surface area contributed by atoms with Crippen LogP contribution >= 0.6 is 0 Å². The van der Waals surface area contributed by atoms with Gasteiger partial charge in [0.1, 0.15) is 48.7 Å². The van der Waals surface area contributed by atoms with Gasteiger partial charge in [-0.05, 0) is 76.9 Å². The number of carbonyl (C=O) groups is 8. The number of sulfone groups is 1. The molecule has 0 radical (unpaired) electrons. The predicted molar refractivity (Wildman–Crippen MR) is 340 cm³/mol. The average Bonchev–Trinajstić information content (AvgIpc) is 1.64. The number of esters is 5. The van der Waals surface area contributed by atoms with Crippen molar-refractivity contribution in [3.63, 3.8) is 0 Å². The van der Waals surface area contributed by atoms with Crippen LogP contribution in [0.3, 0.4) is 0 Å². The molecule has 6 atom stereocenters. The minimum Gasteiger partial charge on any atom is -0.467 e. The molecule has 512 valence electrons. The molecule has 0 spiro atoms. The lowest BCUT2D eigenvalue weighted by Crippen LogP contribution is -2.64. The zero-order valence-corrected chi connectivity index (χ0v) is 55.1. The van der Waals surface area contributed by atoms with Gasteiger partial charge in [-0.2, -0.15) is 0 Å². The van der Waals surface area contributed by atoms with Gasteiger partial charge < -0.3 is 71.6 Å². The molecule has 28 nitrogen and oxygen atoms in total. The third-order valence-electron chi connectivity index (χ3n) is 17.3. The van der Waals surface area contributed by atoms with Crippen molar-refractivity contribution in [3.8, 4) is 39.8 Å². The van der Waals surface area contributed by atoms with Crippen molar-refractivity contribution in [2.75, 3.05) is 64.7 Å². The highest BCUT2D eigenvalue weighted by Gasteiger charge is 2.56. The summed E-state index contributed by atoms with van der Waals surface area (Å²) in [6.07, 6.45) is -7.91. The molecule has 6 aromatic rings. The van der Waals surface area contributed by atoms with Crippen molar-refractivity contribution in [1.82, 2.24) is 19.4 Å². The first-order valence-electron chi connectivity index (χ1n) is 31.2. The van der Waals surface area contributed by atoms with E-state index in [-0.39, 0.29) is 60.4 Å². The van der Waals surface area contributed by atoms with Gasteiger partial charge in [-0.1, -0.05) is 74.9 Å². The maximum atomic E-state index is 14.7. The number of methoxy groups -OCH3 is 1. The number of benzene rings is 4. The average molecular weight is 1360 g/mol. The Morgan fingerprint density at radius 2 is 1.46 bits per heavy atom. The normalized spacial score (nSPS) is 19.4. The van der Waals surface area contributed by atoms with Crippen LogP contribution in [0.15, 0.2) is 89.7 Å². The van der Waals surface area contributed by atoms with Crippen molar-refractivity contribution < 1.29 is 104 Å². The van der Waals surface area contributed by atoms with Gasteiger partial charge in [-0.3, -0.25) is 28.9 Å². The minimum absolute atomic E-state index is 0.0514. The number of hydrogen-bond acceptors (Lipinski definition) is 24. The second kappa shape index (κ2) is 28.3. The van der Waals surface area contributed by atoms with Crippen LogP contribution in [0.25, 0.3) is 33.4 Å². The first kappa shape index (κ1) is 68.3. The molecular weight excluding hydrogens is 1290 g/mol. The number of aromatic nitrogens is 2. The summed E-state index contributed by atoms with van der Waals surface area (Å²) in [6.45, 7) is 3.94. The van der Waals surface area contributed by atoms with Gasteiger partial charge in [-0.25, -0.2) is 32.6 Å². The zero-order valence-electron chi connectivity index (χ0n) is 54.3. The van der Waals surface area contributed by atoms with Crippen LogP contribution in [-0.2, 0) is 113 Å². The third kappa shape index (κ3) is 14.1. The van der Waals surface area contributed by atoms with E-state index in [0.29, 0.717) is 34.8 Å². The summed E-state index contributed by atoms with van der Waals surface area (Å²) in [5.41, 5.74) is 4.96. The number of aryl methyl sites for hydroxylation is 1. The molecule has 0 bridgehead atoms. The highest BCUT2D eigenvalue weighted by molar-refractivity contribution is 7.90. The maximum absolute atomic E-state index is 14.7. The van der Waals surface area contributed by atoms with Crippen molar-refractivity contribution in [3.05, 3.63) is 134 Å². The molecule has 2 aromatic heterocycles. The summed E-state index contributed by atoms with van der Waals surface area (Å²) >= 11 is 0.